The molecule has 0 radical (unpaired) electrons. The quantitative estimate of drug-likeness (QED) is 0.907. The van der Waals surface area contributed by atoms with Gasteiger partial charge in [0, 0.05) is 30.9 Å². The third-order valence-electron chi connectivity index (χ3n) is 3.66. The summed E-state index contributed by atoms with van der Waals surface area (Å²) in [5, 5.41) is -0.524. The van der Waals surface area contributed by atoms with E-state index in [1.807, 2.05) is 0 Å². The van der Waals surface area contributed by atoms with Gasteiger partial charge in [0.15, 0.2) is 0 Å². The summed E-state index contributed by atoms with van der Waals surface area (Å²) in [6.07, 6.45) is 1.24. The van der Waals surface area contributed by atoms with Gasteiger partial charge in [0.2, 0.25) is 10.0 Å². The van der Waals surface area contributed by atoms with Gasteiger partial charge in [-0.1, -0.05) is 13.0 Å². The molecule has 1 aliphatic heterocycles. The van der Waals surface area contributed by atoms with Crippen molar-refractivity contribution < 1.29 is 21.9 Å². The Morgan fingerprint density at radius 1 is 1.33 bits per heavy atom. The van der Waals surface area contributed by atoms with E-state index in [-0.39, 0.29) is 5.56 Å². The SMILES string of the molecule is CCC(NS(=O)(=O)C1CCOCC1)c1ccc(F)cc1F. The Hall–Kier alpha value is -1.05. The van der Waals surface area contributed by atoms with E-state index in [9.17, 15) is 17.2 Å². The molecule has 1 aromatic carbocycles. The largest absolute Gasteiger partial charge is 0.381 e. The van der Waals surface area contributed by atoms with E-state index in [2.05, 4.69) is 4.72 Å². The fourth-order valence-electron chi connectivity index (χ4n) is 2.43. The predicted octanol–water partition coefficient (Wildman–Crippen LogP) is 2.51. The fourth-order valence-corrected chi connectivity index (χ4v) is 4.13. The number of rotatable bonds is 5. The van der Waals surface area contributed by atoms with E-state index in [1.54, 1.807) is 6.92 Å². The third kappa shape index (κ3) is 3.99. The minimum Gasteiger partial charge on any atom is -0.381 e. The van der Waals surface area contributed by atoms with Crippen LogP contribution >= 0.6 is 0 Å². The molecule has 4 nitrogen and oxygen atoms in total. The molecule has 1 atom stereocenters. The van der Waals surface area contributed by atoms with Crippen LogP contribution in [0.25, 0.3) is 0 Å². The Balaban J connectivity index is 2.18. The number of ether oxygens (including phenoxy) is 1. The number of benzene rings is 1. The minimum atomic E-state index is -3.56. The van der Waals surface area contributed by atoms with Crippen LogP contribution in [0.1, 0.15) is 37.8 Å². The Kier molecular flexibility index (Phi) is 5.29. The molecule has 1 fully saturated rings. The van der Waals surface area contributed by atoms with Gasteiger partial charge in [-0.05, 0) is 25.3 Å². The standard InChI is InChI=1S/C14H19F2NO3S/c1-2-14(12-4-3-10(15)9-13(12)16)17-21(18,19)11-5-7-20-8-6-11/h3-4,9,11,14,17H,2,5-8H2,1H3. The van der Waals surface area contributed by atoms with E-state index in [1.165, 1.54) is 6.07 Å². The fraction of sp³-hybridized carbons (Fsp3) is 0.571. The van der Waals surface area contributed by atoms with Crippen LogP contribution in [0.4, 0.5) is 8.78 Å². The van der Waals surface area contributed by atoms with Gasteiger partial charge in [0.1, 0.15) is 11.6 Å². The molecular formula is C14H19F2NO3S. The molecular weight excluding hydrogens is 300 g/mol. The third-order valence-corrected chi connectivity index (χ3v) is 5.62. The minimum absolute atomic E-state index is 0.162. The zero-order chi connectivity index (χ0) is 15.5. The lowest BCUT2D eigenvalue weighted by Gasteiger charge is -2.25. The van der Waals surface area contributed by atoms with Crippen molar-refractivity contribution in [3.05, 3.63) is 35.4 Å². The molecule has 0 spiro atoms. The first-order chi connectivity index (χ1) is 9.94. The first kappa shape index (κ1) is 16.3. The second kappa shape index (κ2) is 6.81. The van der Waals surface area contributed by atoms with Crippen LogP contribution in [0.5, 0.6) is 0 Å². The van der Waals surface area contributed by atoms with Crippen molar-refractivity contribution in [1.82, 2.24) is 4.72 Å². The Bertz CT molecular complexity index is 586. The molecule has 118 valence electrons. The maximum atomic E-state index is 13.8. The molecule has 1 unspecified atom stereocenters. The van der Waals surface area contributed by atoms with Crippen molar-refractivity contribution in [3.63, 3.8) is 0 Å². The highest BCUT2D eigenvalue weighted by molar-refractivity contribution is 7.90. The summed E-state index contributed by atoms with van der Waals surface area (Å²) in [6, 6.07) is 2.48. The van der Waals surface area contributed by atoms with Crippen molar-refractivity contribution in [3.8, 4) is 0 Å². The van der Waals surface area contributed by atoms with Crippen molar-refractivity contribution in [2.24, 2.45) is 0 Å². The smallest absolute Gasteiger partial charge is 0.215 e. The second-order valence-electron chi connectivity index (χ2n) is 5.10. The summed E-state index contributed by atoms with van der Waals surface area (Å²) in [4.78, 5) is 0. The van der Waals surface area contributed by atoms with Crippen molar-refractivity contribution in [1.29, 1.82) is 0 Å². The number of halogens is 2. The number of nitrogens with one attached hydrogen (secondary N) is 1. The van der Waals surface area contributed by atoms with Gasteiger partial charge >= 0.3 is 0 Å². The lowest BCUT2D eigenvalue weighted by atomic mass is 10.1. The Morgan fingerprint density at radius 2 is 2.00 bits per heavy atom. The summed E-state index contributed by atoms with van der Waals surface area (Å²) in [5.74, 6) is -1.42. The average molecular weight is 319 g/mol. The van der Waals surface area contributed by atoms with Crippen molar-refractivity contribution >= 4 is 10.0 Å². The maximum Gasteiger partial charge on any atom is 0.215 e. The highest BCUT2D eigenvalue weighted by Gasteiger charge is 2.30. The van der Waals surface area contributed by atoms with E-state index in [0.717, 1.165) is 12.1 Å². The lowest BCUT2D eigenvalue weighted by Crippen LogP contribution is -2.39. The molecule has 1 aliphatic rings. The zero-order valence-electron chi connectivity index (χ0n) is 11.8. The Labute approximate surface area is 123 Å². The van der Waals surface area contributed by atoms with Gasteiger partial charge in [-0.2, -0.15) is 0 Å². The molecule has 7 heteroatoms. The first-order valence-electron chi connectivity index (χ1n) is 6.98. The highest BCUT2D eigenvalue weighted by atomic mass is 32.2. The number of sulfonamides is 1. The monoisotopic (exact) mass is 319 g/mol. The van der Waals surface area contributed by atoms with Gasteiger partial charge in [-0.15, -0.1) is 0 Å². The van der Waals surface area contributed by atoms with E-state index >= 15 is 0 Å². The molecule has 0 saturated carbocycles. The molecule has 0 bridgehead atoms. The molecule has 0 aromatic heterocycles. The molecule has 2 rings (SSSR count). The van der Waals surface area contributed by atoms with Crippen LogP contribution in [-0.4, -0.2) is 26.9 Å². The van der Waals surface area contributed by atoms with Gasteiger partial charge in [0.05, 0.1) is 5.25 Å². The van der Waals surface area contributed by atoms with E-state index < -0.39 is 32.9 Å². The molecule has 1 aromatic rings. The normalized spacial score (nSPS) is 18.6. The van der Waals surface area contributed by atoms with Crippen molar-refractivity contribution in [2.75, 3.05) is 13.2 Å². The number of hydrogen-bond acceptors (Lipinski definition) is 3. The van der Waals surface area contributed by atoms with Crippen LogP contribution in [0.15, 0.2) is 18.2 Å². The van der Waals surface area contributed by atoms with Crippen LogP contribution in [0, 0.1) is 11.6 Å². The van der Waals surface area contributed by atoms with Gasteiger partial charge in [0.25, 0.3) is 0 Å². The predicted molar refractivity (Wildman–Crippen MR) is 75.3 cm³/mol. The Morgan fingerprint density at radius 3 is 2.57 bits per heavy atom. The van der Waals surface area contributed by atoms with Crippen LogP contribution < -0.4 is 4.72 Å². The van der Waals surface area contributed by atoms with Gasteiger partial charge in [-0.25, -0.2) is 21.9 Å². The van der Waals surface area contributed by atoms with Crippen molar-refractivity contribution in [2.45, 2.75) is 37.5 Å². The summed E-state index contributed by atoms with van der Waals surface area (Å²) in [6.45, 7) is 2.57. The van der Waals surface area contributed by atoms with Crippen LogP contribution in [0.2, 0.25) is 0 Å². The maximum absolute atomic E-state index is 13.8. The van der Waals surface area contributed by atoms with Crippen LogP contribution in [0.3, 0.4) is 0 Å². The summed E-state index contributed by atoms with van der Waals surface area (Å²) < 4.78 is 59.1. The molecule has 0 amide bonds. The molecule has 21 heavy (non-hydrogen) atoms. The molecule has 1 saturated heterocycles. The topological polar surface area (TPSA) is 55.4 Å². The second-order valence-corrected chi connectivity index (χ2v) is 7.09. The lowest BCUT2D eigenvalue weighted by molar-refractivity contribution is 0.0980. The summed E-state index contributed by atoms with van der Waals surface area (Å²) in [5.41, 5.74) is 0.162. The summed E-state index contributed by atoms with van der Waals surface area (Å²) in [7, 11) is -3.56. The average Bonchev–Trinajstić information content (AvgIpc) is 2.46. The van der Waals surface area contributed by atoms with Crippen LogP contribution in [-0.2, 0) is 14.8 Å². The zero-order valence-corrected chi connectivity index (χ0v) is 12.6. The summed E-state index contributed by atoms with van der Waals surface area (Å²) >= 11 is 0. The van der Waals surface area contributed by atoms with Gasteiger partial charge in [-0.3, -0.25) is 0 Å². The van der Waals surface area contributed by atoms with Gasteiger partial charge < -0.3 is 4.74 Å². The molecule has 1 N–H and O–H groups in total. The highest BCUT2D eigenvalue weighted by Crippen LogP contribution is 2.24. The van der Waals surface area contributed by atoms with E-state index in [0.29, 0.717) is 32.5 Å². The number of hydrogen-bond donors (Lipinski definition) is 1. The molecule has 1 heterocycles. The first-order valence-corrected chi connectivity index (χ1v) is 8.52. The molecule has 0 aliphatic carbocycles. The van der Waals surface area contributed by atoms with E-state index in [4.69, 9.17) is 4.74 Å².